The lowest BCUT2D eigenvalue weighted by molar-refractivity contribution is -0.119. The van der Waals surface area contributed by atoms with Crippen LogP contribution in [0, 0.1) is 0 Å². The molecule has 3 N–H and O–H groups in total. The Morgan fingerprint density at radius 1 is 1.07 bits per heavy atom. The SMILES string of the molecule is Nn1c(SCC(=O)NC(c2ccccc2)c2ccccc2)nnc1C1CC1. The maximum absolute atomic E-state index is 12.6. The number of rotatable bonds is 7. The maximum atomic E-state index is 12.6. The Labute approximate surface area is 162 Å². The number of carbonyl (C=O) groups excluding carboxylic acids is 1. The first kappa shape index (κ1) is 17.6. The summed E-state index contributed by atoms with van der Waals surface area (Å²) in [5, 5.41) is 12.0. The summed E-state index contributed by atoms with van der Waals surface area (Å²) < 4.78 is 1.52. The second-order valence-corrected chi connectivity index (χ2v) is 7.54. The van der Waals surface area contributed by atoms with Crippen molar-refractivity contribution in [1.82, 2.24) is 20.2 Å². The van der Waals surface area contributed by atoms with Gasteiger partial charge in [-0.2, -0.15) is 0 Å². The van der Waals surface area contributed by atoms with Crippen molar-refractivity contribution in [2.45, 2.75) is 30.0 Å². The first-order chi connectivity index (χ1) is 13.2. The van der Waals surface area contributed by atoms with Gasteiger partial charge in [-0.1, -0.05) is 72.4 Å². The van der Waals surface area contributed by atoms with E-state index in [1.54, 1.807) is 0 Å². The molecule has 1 aliphatic carbocycles. The third kappa shape index (κ3) is 4.14. The van der Waals surface area contributed by atoms with Crippen LogP contribution in [0.3, 0.4) is 0 Å². The average Bonchev–Trinajstić information content (AvgIpc) is 3.49. The van der Waals surface area contributed by atoms with Crippen molar-refractivity contribution in [2.75, 3.05) is 11.6 Å². The minimum Gasteiger partial charge on any atom is -0.344 e. The van der Waals surface area contributed by atoms with E-state index < -0.39 is 0 Å². The number of hydrogen-bond donors (Lipinski definition) is 2. The predicted molar refractivity (Wildman–Crippen MR) is 106 cm³/mol. The number of nitrogen functional groups attached to an aromatic ring is 1. The van der Waals surface area contributed by atoms with Crippen molar-refractivity contribution in [3.05, 3.63) is 77.6 Å². The van der Waals surface area contributed by atoms with E-state index in [1.807, 2.05) is 60.7 Å². The molecule has 3 aromatic rings. The number of hydrogen-bond acceptors (Lipinski definition) is 5. The highest BCUT2D eigenvalue weighted by Gasteiger charge is 2.30. The van der Waals surface area contributed by atoms with E-state index in [0.29, 0.717) is 11.1 Å². The predicted octanol–water partition coefficient (Wildman–Crippen LogP) is 2.87. The Bertz CT molecular complexity index is 869. The zero-order valence-corrected chi connectivity index (χ0v) is 15.6. The van der Waals surface area contributed by atoms with Crippen molar-refractivity contribution in [1.29, 1.82) is 0 Å². The van der Waals surface area contributed by atoms with Gasteiger partial charge in [0, 0.05) is 5.92 Å². The van der Waals surface area contributed by atoms with E-state index in [4.69, 9.17) is 5.84 Å². The maximum Gasteiger partial charge on any atom is 0.231 e. The molecule has 138 valence electrons. The van der Waals surface area contributed by atoms with Gasteiger partial charge in [-0.3, -0.25) is 4.79 Å². The zero-order chi connectivity index (χ0) is 18.6. The molecule has 2 aromatic carbocycles. The topological polar surface area (TPSA) is 85.8 Å². The van der Waals surface area contributed by atoms with Crippen molar-refractivity contribution >= 4 is 17.7 Å². The van der Waals surface area contributed by atoms with Crippen molar-refractivity contribution in [3.63, 3.8) is 0 Å². The van der Waals surface area contributed by atoms with Crippen molar-refractivity contribution in [3.8, 4) is 0 Å². The van der Waals surface area contributed by atoms with Crippen LogP contribution in [0.15, 0.2) is 65.8 Å². The van der Waals surface area contributed by atoms with Gasteiger partial charge in [-0.25, -0.2) is 4.68 Å². The number of nitrogens with one attached hydrogen (secondary N) is 1. The number of thioether (sulfide) groups is 1. The fourth-order valence-electron chi connectivity index (χ4n) is 2.99. The minimum absolute atomic E-state index is 0.0753. The molecule has 1 saturated carbocycles. The summed E-state index contributed by atoms with van der Waals surface area (Å²) >= 11 is 1.31. The van der Waals surface area contributed by atoms with E-state index in [0.717, 1.165) is 29.8 Å². The molecule has 0 atom stereocenters. The number of carbonyl (C=O) groups is 1. The first-order valence-electron chi connectivity index (χ1n) is 8.95. The molecule has 6 nitrogen and oxygen atoms in total. The second kappa shape index (κ2) is 7.84. The fourth-order valence-corrected chi connectivity index (χ4v) is 3.66. The molecule has 1 fully saturated rings. The molecule has 4 rings (SSSR count). The van der Waals surface area contributed by atoms with E-state index >= 15 is 0 Å². The van der Waals surface area contributed by atoms with Crippen LogP contribution >= 0.6 is 11.8 Å². The van der Waals surface area contributed by atoms with Crippen LogP contribution in [0.4, 0.5) is 0 Å². The molecule has 1 aromatic heterocycles. The molecule has 0 bridgehead atoms. The number of nitrogens with zero attached hydrogens (tertiary/aromatic N) is 3. The zero-order valence-electron chi connectivity index (χ0n) is 14.8. The Balaban J connectivity index is 1.44. The smallest absolute Gasteiger partial charge is 0.231 e. The molecule has 1 aliphatic rings. The molecular formula is C20H21N5OS. The van der Waals surface area contributed by atoms with E-state index in [9.17, 15) is 4.79 Å². The van der Waals surface area contributed by atoms with Crippen LogP contribution in [0.25, 0.3) is 0 Å². The van der Waals surface area contributed by atoms with Gasteiger partial charge in [0.05, 0.1) is 11.8 Å². The normalized spacial score (nSPS) is 13.7. The Morgan fingerprint density at radius 2 is 1.67 bits per heavy atom. The highest BCUT2D eigenvalue weighted by molar-refractivity contribution is 7.99. The summed E-state index contributed by atoms with van der Waals surface area (Å²) in [6, 6.07) is 19.7. The lowest BCUT2D eigenvalue weighted by atomic mass is 9.99. The van der Waals surface area contributed by atoms with Crippen LogP contribution in [-0.4, -0.2) is 26.5 Å². The van der Waals surface area contributed by atoms with Gasteiger partial charge >= 0.3 is 0 Å². The first-order valence-corrected chi connectivity index (χ1v) is 9.93. The molecule has 1 heterocycles. The number of nitrogens with two attached hydrogens (primary N) is 1. The molecule has 1 amide bonds. The Morgan fingerprint density at radius 3 is 2.22 bits per heavy atom. The summed E-state index contributed by atoms with van der Waals surface area (Å²) in [6.07, 6.45) is 2.21. The molecule has 0 unspecified atom stereocenters. The third-order valence-corrected chi connectivity index (χ3v) is 5.48. The second-order valence-electron chi connectivity index (χ2n) is 6.60. The molecule has 7 heteroatoms. The van der Waals surface area contributed by atoms with Gasteiger partial charge in [0.2, 0.25) is 11.1 Å². The van der Waals surface area contributed by atoms with E-state index in [-0.39, 0.29) is 17.7 Å². The molecule has 0 aliphatic heterocycles. The third-order valence-electron chi connectivity index (χ3n) is 4.54. The van der Waals surface area contributed by atoms with Gasteiger partial charge in [0.1, 0.15) is 0 Å². The van der Waals surface area contributed by atoms with E-state index in [1.165, 1.54) is 16.4 Å². The number of amides is 1. The molecule has 27 heavy (non-hydrogen) atoms. The largest absolute Gasteiger partial charge is 0.344 e. The lowest BCUT2D eigenvalue weighted by Crippen LogP contribution is -2.30. The fraction of sp³-hybridized carbons (Fsp3) is 0.250. The average molecular weight is 379 g/mol. The summed E-state index contributed by atoms with van der Waals surface area (Å²) in [7, 11) is 0. The van der Waals surface area contributed by atoms with Gasteiger partial charge in [0.15, 0.2) is 5.82 Å². The van der Waals surface area contributed by atoms with Crippen LogP contribution in [-0.2, 0) is 4.79 Å². The standard InChI is InChI=1S/C20H21N5OS/c21-25-19(16-11-12-16)23-24-20(25)27-13-17(26)22-18(14-7-3-1-4-8-14)15-9-5-2-6-10-15/h1-10,16,18H,11-13,21H2,(H,22,26). The van der Waals surface area contributed by atoms with Gasteiger partial charge in [-0.15, -0.1) is 10.2 Å². The van der Waals surface area contributed by atoms with Gasteiger partial charge < -0.3 is 11.2 Å². The molecular weight excluding hydrogens is 358 g/mol. The van der Waals surface area contributed by atoms with Crippen LogP contribution in [0.1, 0.15) is 41.8 Å². The summed E-state index contributed by atoms with van der Waals surface area (Å²) in [5.41, 5.74) is 2.08. The van der Waals surface area contributed by atoms with Crippen LogP contribution < -0.4 is 11.2 Å². The highest BCUT2D eigenvalue weighted by atomic mass is 32.2. The summed E-state index contributed by atoms with van der Waals surface area (Å²) in [6.45, 7) is 0. The quantitative estimate of drug-likeness (QED) is 0.487. The lowest BCUT2D eigenvalue weighted by Gasteiger charge is -2.19. The van der Waals surface area contributed by atoms with Crippen LogP contribution in [0.2, 0.25) is 0 Å². The highest BCUT2D eigenvalue weighted by Crippen LogP contribution is 2.39. The molecule has 0 saturated heterocycles. The number of benzene rings is 2. The molecule has 0 spiro atoms. The van der Waals surface area contributed by atoms with E-state index in [2.05, 4.69) is 15.5 Å². The molecule has 0 radical (unpaired) electrons. The number of aromatic nitrogens is 3. The summed E-state index contributed by atoms with van der Waals surface area (Å²) in [4.78, 5) is 12.6. The summed E-state index contributed by atoms with van der Waals surface area (Å²) in [5.74, 6) is 7.44. The van der Waals surface area contributed by atoms with Gasteiger partial charge in [-0.05, 0) is 24.0 Å². The van der Waals surface area contributed by atoms with Gasteiger partial charge in [0.25, 0.3) is 0 Å². The Hall–Kier alpha value is -2.80. The minimum atomic E-state index is -0.196. The van der Waals surface area contributed by atoms with Crippen molar-refractivity contribution < 1.29 is 4.79 Å². The van der Waals surface area contributed by atoms with Crippen molar-refractivity contribution in [2.24, 2.45) is 0 Å². The van der Waals surface area contributed by atoms with Crippen LogP contribution in [0.5, 0.6) is 0 Å². The Kier molecular flexibility index (Phi) is 5.11. The monoisotopic (exact) mass is 379 g/mol.